The van der Waals surface area contributed by atoms with Gasteiger partial charge in [-0.2, -0.15) is 0 Å². The first-order chi connectivity index (χ1) is 7.54. The van der Waals surface area contributed by atoms with Crippen LogP contribution >= 0.6 is 23.8 Å². The number of hydrogen-bond donors (Lipinski definition) is 2. The van der Waals surface area contributed by atoms with Crippen LogP contribution < -0.4 is 11.1 Å². The van der Waals surface area contributed by atoms with Gasteiger partial charge in [-0.25, -0.2) is 4.98 Å². The molecule has 0 fully saturated rings. The van der Waals surface area contributed by atoms with Crippen LogP contribution in [0.2, 0.25) is 5.02 Å². The molecular formula is C10H12ClN3OS. The largest absolute Gasteiger partial charge is 0.392 e. The summed E-state index contributed by atoms with van der Waals surface area (Å²) in [6.07, 6.45) is 2.06. The van der Waals surface area contributed by atoms with E-state index in [1.54, 1.807) is 12.1 Å². The van der Waals surface area contributed by atoms with E-state index in [1.165, 1.54) is 6.20 Å². The summed E-state index contributed by atoms with van der Waals surface area (Å²) in [4.78, 5) is 15.9. The average molecular weight is 258 g/mol. The van der Waals surface area contributed by atoms with Crippen LogP contribution in [0.15, 0.2) is 18.3 Å². The molecule has 0 saturated carbocycles. The van der Waals surface area contributed by atoms with E-state index in [2.05, 4.69) is 10.3 Å². The van der Waals surface area contributed by atoms with Crippen LogP contribution in [0.3, 0.4) is 0 Å². The average Bonchev–Trinajstić information content (AvgIpc) is 2.26. The molecule has 0 aliphatic carbocycles. The van der Waals surface area contributed by atoms with Gasteiger partial charge in [-0.05, 0) is 18.6 Å². The molecule has 1 unspecified atom stereocenters. The van der Waals surface area contributed by atoms with E-state index in [-0.39, 0.29) is 16.9 Å². The molecule has 0 aliphatic rings. The Morgan fingerprint density at radius 3 is 2.81 bits per heavy atom. The smallest absolute Gasteiger partial charge is 0.270 e. The monoisotopic (exact) mass is 257 g/mol. The lowest BCUT2D eigenvalue weighted by Gasteiger charge is -2.14. The molecule has 6 heteroatoms. The van der Waals surface area contributed by atoms with Crippen LogP contribution in [0.25, 0.3) is 0 Å². The first-order valence-electron chi connectivity index (χ1n) is 4.76. The SMILES string of the molecule is CCC(NC(=O)c1ccc(Cl)cn1)C(N)=S. The highest BCUT2D eigenvalue weighted by molar-refractivity contribution is 7.80. The normalized spacial score (nSPS) is 11.9. The Morgan fingerprint density at radius 2 is 2.38 bits per heavy atom. The zero-order valence-electron chi connectivity index (χ0n) is 8.74. The number of carbonyl (C=O) groups is 1. The van der Waals surface area contributed by atoms with Crippen molar-refractivity contribution in [3.63, 3.8) is 0 Å². The second-order valence-corrected chi connectivity index (χ2v) is 4.11. The van der Waals surface area contributed by atoms with Crippen molar-refractivity contribution in [2.45, 2.75) is 19.4 Å². The molecule has 16 heavy (non-hydrogen) atoms. The maximum atomic E-state index is 11.7. The van der Waals surface area contributed by atoms with Crippen LogP contribution in [-0.4, -0.2) is 21.9 Å². The third-order valence-electron chi connectivity index (χ3n) is 2.02. The van der Waals surface area contributed by atoms with Gasteiger partial charge in [-0.3, -0.25) is 4.79 Å². The van der Waals surface area contributed by atoms with Gasteiger partial charge < -0.3 is 11.1 Å². The molecule has 1 rings (SSSR count). The van der Waals surface area contributed by atoms with Crippen molar-refractivity contribution >= 4 is 34.7 Å². The molecule has 0 aromatic carbocycles. The van der Waals surface area contributed by atoms with Gasteiger partial charge in [0, 0.05) is 6.20 Å². The number of halogens is 1. The summed E-state index contributed by atoms with van der Waals surface area (Å²) >= 11 is 10.5. The van der Waals surface area contributed by atoms with Gasteiger partial charge in [0.1, 0.15) is 5.69 Å². The fourth-order valence-electron chi connectivity index (χ4n) is 1.12. The Hall–Kier alpha value is -1.20. The third-order valence-corrected chi connectivity index (χ3v) is 2.53. The highest BCUT2D eigenvalue weighted by atomic mass is 35.5. The number of amides is 1. The lowest BCUT2D eigenvalue weighted by atomic mass is 10.2. The molecule has 1 amide bonds. The third kappa shape index (κ3) is 3.43. The number of aromatic nitrogens is 1. The van der Waals surface area contributed by atoms with Gasteiger partial charge in [-0.15, -0.1) is 0 Å². The van der Waals surface area contributed by atoms with E-state index >= 15 is 0 Å². The predicted molar refractivity (Wildman–Crippen MR) is 67.6 cm³/mol. The minimum absolute atomic E-state index is 0.268. The summed E-state index contributed by atoms with van der Waals surface area (Å²) in [5.41, 5.74) is 5.76. The molecule has 1 heterocycles. The van der Waals surface area contributed by atoms with Gasteiger partial charge in [-0.1, -0.05) is 30.7 Å². The molecule has 0 bridgehead atoms. The number of pyridine rings is 1. The molecule has 0 saturated heterocycles. The maximum Gasteiger partial charge on any atom is 0.270 e. The van der Waals surface area contributed by atoms with Gasteiger partial charge in [0.05, 0.1) is 16.1 Å². The van der Waals surface area contributed by atoms with E-state index in [9.17, 15) is 4.79 Å². The molecule has 1 atom stereocenters. The van der Waals surface area contributed by atoms with E-state index < -0.39 is 0 Å². The Labute approximate surface area is 104 Å². The molecule has 86 valence electrons. The summed E-state index contributed by atoms with van der Waals surface area (Å²) in [7, 11) is 0. The number of hydrogen-bond acceptors (Lipinski definition) is 3. The first kappa shape index (κ1) is 12.9. The molecular weight excluding hydrogens is 246 g/mol. The maximum absolute atomic E-state index is 11.7. The van der Waals surface area contributed by atoms with Crippen molar-refractivity contribution in [2.24, 2.45) is 5.73 Å². The standard InChI is InChI=1S/C10H12ClN3OS/c1-2-7(9(12)16)14-10(15)8-4-3-6(11)5-13-8/h3-5,7H,2H2,1H3,(H2,12,16)(H,14,15). The fourth-order valence-corrected chi connectivity index (χ4v) is 1.45. The fraction of sp³-hybridized carbons (Fsp3) is 0.300. The summed E-state index contributed by atoms with van der Waals surface area (Å²) in [6.45, 7) is 1.89. The van der Waals surface area contributed by atoms with Crippen molar-refractivity contribution in [1.29, 1.82) is 0 Å². The first-order valence-corrected chi connectivity index (χ1v) is 5.55. The van der Waals surface area contributed by atoms with Crippen molar-refractivity contribution < 1.29 is 4.79 Å². The molecule has 0 spiro atoms. The predicted octanol–water partition coefficient (Wildman–Crippen LogP) is 1.53. The minimum Gasteiger partial charge on any atom is -0.392 e. The van der Waals surface area contributed by atoms with E-state index in [4.69, 9.17) is 29.6 Å². The Morgan fingerprint density at radius 1 is 1.69 bits per heavy atom. The van der Waals surface area contributed by atoms with Crippen LogP contribution in [0.5, 0.6) is 0 Å². The van der Waals surface area contributed by atoms with Crippen LogP contribution in [0, 0.1) is 0 Å². The number of carbonyl (C=O) groups excluding carboxylic acids is 1. The topological polar surface area (TPSA) is 68.0 Å². The lowest BCUT2D eigenvalue weighted by Crippen LogP contribution is -2.43. The highest BCUT2D eigenvalue weighted by Gasteiger charge is 2.14. The minimum atomic E-state index is -0.309. The quantitative estimate of drug-likeness (QED) is 0.803. The van der Waals surface area contributed by atoms with Crippen LogP contribution in [0.4, 0.5) is 0 Å². The van der Waals surface area contributed by atoms with Crippen LogP contribution in [0.1, 0.15) is 23.8 Å². The second-order valence-electron chi connectivity index (χ2n) is 3.20. The number of nitrogens with one attached hydrogen (secondary N) is 1. The van der Waals surface area contributed by atoms with Crippen molar-refractivity contribution in [1.82, 2.24) is 10.3 Å². The van der Waals surface area contributed by atoms with Gasteiger partial charge in [0.15, 0.2) is 0 Å². The summed E-state index contributed by atoms with van der Waals surface area (Å²) in [5, 5.41) is 3.18. The zero-order chi connectivity index (χ0) is 12.1. The van der Waals surface area contributed by atoms with E-state index in [0.717, 1.165) is 0 Å². The number of nitrogens with two attached hydrogens (primary N) is 1. The van der Waals surface area contributed by atoms with Crippen molar-refractivity contribution in [3.8, 4) is 0 Å². The van der Waals surface area contributed by atoms with Crippen molar-refractivity contribution in [3.05, 3.63) is 29.0 Å². The Kier molecular flexibility index (Phi) is 4.64. The van der Waals surface area contributed by atoms with E-state index in [1.807, 2.05) is 6.92 Å². The summed E-state index contributed by atoms with van der Waals surface area (Å²) in [6, 6.07) is 2.84. The molecule has 1 aromatic heterocycles. The number of thiocarbonyl (C=S) groups is 1. The Balaban J connectivity index is 2.71. The molecule has 1 aromatic rings. The highest BCUT2D eigenvalue weighted by Crippen LogP contribution is 2.06. The molecule has 0 aliphatic heterocycles. The Bertz CT molecular complexity index is 394. The molecule has 0 radical (unpaired) electrons. The number of nitrogens with zero attached hydrogens (tertiary/aromatic N) is 1. The summed E-state index contributed by atoms with van der Waals surface area (Å²) in [5.74, 6) is -0.309. The van der Waals surface area contributed by atoms with Gasteiger partial charge >= 0.3 is 0 Å². The molecule has 4 nitrogen and oxygen atoms in total. The second kappa shape index (κ2) is 5.77. The van der Waals surface area contributed by atoms with Gasteiger partial charge in [0.25, 0.3) is 5.91 Å². The van der Waals surface area contributed by atoms with Crippen LogP contribution in [-0.2, 0) is 0 Å². The number of rotatable bonds is 4. The molecule has 3 N–H and O–H groups in total. The lowest BCUT2D eigenvalue weighted by molar-refractivity contribution is 0.0941. The van der Waals surface area contributed by atoms with Crippen molar-refractivity contribution in [2.75, 3.05) is 0 Å². The van der Waals surface area contributed by atoms with Gasteiger partial charge in [0.2, 0.25) is 0 Å². The summed E-state index contributed by atoms with van der Waals surface area (Å²) < 4.78 is 0. The zero-order valence-corrected chi connectivity index (χ0v) is 10.3. The van der Waals surface area contributed by atoms with E-state index in [0.29, 0.717) is 17.1 Å².